The van der Waals surface area contributed by atoms with Gasteiger partial charge in [-0.25, -0.2) is 0 Å². The average Bonchev–Trinajstić information content (AvgIpc) is 2.96. The van der Waals surface area contributed by atoms with E-state index in [0.29, 0.717) is 12.1 Å². The highest BCUT2D eigenvalue weighted by molar-refractivity contribution is 14.0. The first-order valence-electron chi connectivity index (χ1n) is 10.8. The summed E-state index contributed by atoms with van der Waals surface area (Å²) in [5.41, 5.74) is 0. The van der Waals surface area contributed by atoms with Gasteiger partial charge < -0.3 is 20.3 Å². The molecule has 1 saturated carbocycles. The molecule has 0 aromatic carbocycles. The Hall–Kier alpha value is -0.120. The van der Waals surface area contributed by atoms with Gasteiger partial charge in [0.1, 0.15) is 0 Å². The van der Waals surface area contributed by atoms with E-state index in [0.717, 1.165) is 38.7 Å². The Labute approximate surface area is 183 Å². The predicted molar refractivity (Wildman–Crippen MR) is 125 cm³/mol. The number of aliphatic imine (C=N–C) groups is 1. The van der Waals surface area contributed by atoms with Crippen LogP contribution in [0, 0.1) is 0 Å². The first-order chi connectivity index (χ1) is 12.7. The van der Waals surface area contributed by atoms with Gasteiger partial charge in [-0.05, 0) is 26.3 Å². The summed E-state index contributed by atoms with van der Waals surface area (Å²) < 4.78 is 6.04. The van der Waals surface area contributed by atoms with E-state index >= 15 is 0 Å². The summed E-state index contributed by atoms with van der Waals surface area (Å²) in [7, 11) is 1.84. The smallest absolute Gasteiger partial charge is 0.191 e. The number of guanidine groups is 1. The number of hydrogen-bond donors (Lipinski definition) is 2. The zero-order valence-electron chi connectivity index (χ0n) is 17.7. The topological polar surface area (TPSA) is 52.1 Å². The fourth-order valence-electron chi connectivity index (χ4n) is 3.92. The summed E-state index contributed by atoms with van der Waals surface area (Å²) in [6.07, 6.45) is 8.33. The number of piperazine rings is 1. The average molecular weight is 495 g/mol. The summed E-state index contributed by atoms with van der Waals surface area (Å²) in [4.78, 5) is 9.43. The molecule has 160 valence electrons. The highest BCUT2D eigenvalue weighted by Gasteiger charge is 2.20. The van der Waals surface area contributed by atoms with Crippen LogP contribution in [0.3, 0.4) is 0 Å². The van der Waals surface area contributed by atoms with Gasteiger partial charge in [0, 0.05) is 52.4 Å². The first-order valence-corrected chi connectivity index (χ1v) is 10.8. The second kappa shape index (κ2) is 14.8. The summed E-state index contributed by atoms with van der Waals surface area (Å²) in [6, 6.07) is 0.523. The highest BCUT2D eigenvalue weighted by atomic mass is 127. The fourth-order valence-corrected chi connectivity index (χ4v) is 3.92. The maximum absolute atomic E-state index is 6.04. The highest BCUT2D eigenvalue weighted by Crippen LogP contribution is 2.19. The SMILES string of the molecule is CCN1CCN(C(C)CNC(=NC)NCCOC2CCCCCC2)CC1.I. The Morgan fingerprint density at radius 3 is 2.33 bits per heavy atom. The third kappa shape index (κ3) is 9.76. The molecule has 1 unspecified atom stereocenters. The summed E-state index contributed by atoms with van der Waals surface area (Å²) in [6.45, 7) is 12.9. The van der Waals surface area contributed by atoms with Crippen LogP contribution >= 0.6 is 24.0 Å². The zero-order valence-corrected chi connectivity index (χ0v) is 20.0. The molecule has 6 nitrogen and oxygen atoms in total. The van der Waals surface area contributed by atoms with E-state index in [1.54, 1.807) is 0 Å². The molecule has 1 aliphatic carbocycles. The summed E-state index contributed by atoms with van der Waals surface area (Å²) in [5.74, 6) is 0.883. The van der Waals surface area contributed by atoms with Gasteiger partial charge in [0.05, 0.1) is 12.7 Å². The lowest BCUT2D eigenvalue weighted by Gasteiger charge is -2.37. The molecule has 27 heavy (non-hydrogen) atoms. The van der Waals surface area contributed by atoms with E-state index in [4.69, 9.17) is 4.74 Å². The minimum atomic E-state index is 0. The van der Waals surface area contributed by atoms with Crippen LogP contribution in [0.25, 0.3) is 0 Å². The molecule has 2 aliphatic rings. The van der Waals surface area contributed by atoms with Crippen molar-refractivity contribution < 1.29 is 4.74 Å². The van der Waals surface area contributed by atoms with E-state index in [-0.39, 0.29) is 24.0 Å². The van der Waals surface area contributed by atoms with Gasteiger partial charge in [-0.2, -0.15) is 0 Å². The lowest BCUT2D eigenvalue weighted by atomic mass is 10.1. The van der Waals surface area contributed by atoms with E-state index in [1.165, 1.54) is 58.2 Å². The normalized spacial score (nSPS) is 22.0. The number of hydrogen-bond acceptors (Lipinski definition) is 4. The molecule has 0 spiro atoms. The van der Waals surface area contributed by atoms with Gasteiger partial charge >= 0.3 is 0 Å². The minimum Gasteiger partial charge on any atom is -0.376 e. The van der Waals surface area contributed by atoms with E-state index in [9.17, 15) is 0 Å². The lowest BCUT2D eigenvalue weighted by molar-refractivity contribution is 0.0468. The third-order valence-electron chi connectivity index (χ3n) is 5.82. The minimum absolute atomic E-state index is 0. The van der Waals surface area contributed by atoms with E-state index in [2.05, 4.69) is 39.3 Å². The number of rotatable bonds is 8. The van der Waals surface area contributed by atoms with Crippen molar-refractivity contribution in [1.82, 2.24) is 20.4 Å². The largest absolute Gasteiger partial charge is 0.376 e. The van der Waals surface area contributed by atoms with Crippen LogP contribution < -0.4 is 10.6 Å². The second-order valence-corrected chi connectivity index (χ2v) is 7.68. The molecule has 2 rings (SSSR count). The monoisotopic (exact) mass is 495 g/mol. The van der Waals surface area contributed by atoms with Gasteiger partial charge in [0.15, 0.2) is 5.96 Å². The van der Waals surface area contributed by atoms with Crippen LogP contribution in [0.2, 0.25) is 0 Å². The number of likely N-dealkylation sites (N-methyl/N-ethyl adjacent to an activating group) is 1. The van der Waals surface area contributed by atoms with E-state index in [1.807, 2.05) is 7.05 Å². The Kier molecular flexibility index (Phi) is 13.7. The Bertz CT molecular complexity index is 394. The van der Waals surface area contributed by atoms with Gasteiger partial charge in [-0.15, -0.1) is 24.0 Å². The van der Waals surface area contributed by atoms with Gasteiger partial charge in [0.2, 0.25) is 0 Å². The van der Waals surface area contributed by atoms with Crippen LogP contribution in [0.4, 0.5) is 0 Å². The maximum atomic E-state index is 6.04. The number of nitrogens with zero attached hydrogens (tertiary/aromatic N) is 3. The van der Waals surface area contributed by atoms with Crippen molar-refractivity contribution >= 4 is 29.9 Å². The molecule has 1 heterocycles. The van der Waals surface area contributed by atoms with E-state index < -0.39 is 0 Å². The molecular weight excluding hydrogens is 453 g/mol. The number of halogens is 1. The Morgan fingerprint density at radius 2 is 1.74 bits per heavy atom. The van der Waals surface area contributed by atoms with Gasteiger partial charge in [-0.3, -0.25) is 9.89 Å². The number of nitrogens with one attached hydrogen (secondary N) is 2. The molecule has 2 fully saturated rings. The second-order valence-electron chi connectivity index (χ2n) is 7.68. The van der Waals surface area contributed by atoms with Gasteiger partial charge in [0.25, 0.3) is 0 Å². The standard InChI is InChI=1S/C20H41N5O.HI/c1-4-24-12-14-25(15-13-24)18(2)17-23-20(21-3)22-11-16-26-19-9-7-5-6-8-10-19;/h18-19H,4-17H2,1-3H3,(H2,21,22,23);1H. The molecule has 1 aliphatic heterocycles. The van der Waals surface area contributed by atoms with Crippen molar-refractivity contribution in [3.63, 3.8) is 0 Å². The predicted octanol–water partition coefficient (Wildman–Crippen LogP) is 2.53. The molecular formula is C20H42IN5O. The molecule has 0 aromatic rings. The summed E-state index contributed by atoms with van der Waals surface area (Å²) in [5, 5.41) is 6.85. The van der Waals surface area contributed by atoms with Crippen molar-refractivity contribution in [2.45, 2.75) is 64.5 Å². The Balaban J connectivity index is 0.00000364. The molecule has 7 heteroatoms. The quantitative estimate of drug-likeness (QED) is 0.178. The van der Waals surface area contributed by atoms with Crippen molar-refractivity contribution in [2.75, 3.05) is 59.5 Å². The lowest BCUT2D eigenvalue weighted by Crippen LogP contribution is -2.53. The van der Waals surface area contributed by atoms with Crippen molar-refractivity contribution in [3.8, 4) is 0 Å². The van der Waals surface area contributed by atoms with Crippen LogP contribution in [0.15, 0.2) is 4.99 Å². The molecule has 0 amide bonds. The molecule has 0 aromatic heterocycles. The fraction of sp³-hybridized carbons (Fsp3) is 0.950. The first kappa shape index (κ1) is 24.9. The van der Waals surface area contributed by atoms with Crippen LogP contribution in [0.1, 0.15) is 52.4 Å². The zero-order chi connectivity index (χ0) is 18.6. The van der Waals surface area contributed by atoms with Gasteiger partial charge in [-0.1, -0.05) is 32.6 Å². The molecule has 2 N–H and O–H groups in total. The maximum Gasteiger partial charge on any atom is 0.191 e. The van der Waals surface area contributed by atoms with Crippen LogP contribution in [0.5, 0.6) is 0 Å². The van der Waals surface area contributed by atoms with Crippen molar-refractivity contribution in [2.24, 2.45) is 4.99 Å². The van der Waals surface area contributed by atoms with Crippen LogP contribution in [-0.4, -0.2) is 87.4 Å². The third-order valence-corrected chi connectivity index (χ3v) is 5.82. The van der Waals surface area contributed by atoms with Crippen molar-refractivity contribution in [1.29, 1.82) is 0 Å². The molecule has 0 bridgehead atoms. The summed E-state index contributed by atoms with van der Waals surface area (Å²) >= 11 is 0. The Morgan fingerprint density at radius 1 is 1.07 bits per heavy atom. The molecule has 0 radical (unpaired) electrons. The number of ether oxygens (including phenoxy) is 1. The molecule has 1 saturated heterocycles. The van der Waals surface area contributed by atoms with Crippen molar-refractivity contribution in [3.05, 3.63) is 0 Å². The van der Waals surface area contributed by atoms with Crippen LogP contribution in [-0.2, 0) is 4.74 Å². The molecule has 1 atom stereocenters.